The van der Waals surface area contributed by atoms with Crippen molar-refractivity contribution in [2.24, 2.45) is 0 Å². The molecule has 110 valence electrons. The predicted octanol–water partition coefficient (Wildman–Crippen LogP) is 2.08. The third kappa shape index (κ3) is 4.57. The van der Waals surface area contributed by atoms with E-state index in [9.17, 15) is 9.59 Å². The molecule has 0 aliphatic rings. The first-order chi connectivity index (χ1) is 9.47. The second-order valence-corrected chi connectivity index (χ2v) is 4.66. The largest absolute Gasteiger partial charge is 0.496 e. The molecular formula is C15H21NO4. The monoisotopic (exact) mass is 279 g/mol. The molecule has 0 fully saturated rings. The molecule has 0 aliphatic carbocycles. The highest BCUT2D eigenvalue weighted by Crippen LogP contribution is 2.20. The second-order valence-electron chi connectivity index (χ2n) is 4.66. The molecule has 0 saturated carbocycles. The maximum absolute atomic E-state index is 12.0. The van der Waals surface area contributed by atoms with E-state index in [0.29, 0.717) is 11.3 Å². The van der Waals surface area contributed by atoms with Gasteiger partial charge in [-0.05, 0) is 32.4 Å². The minimum Gasteiger partial charge on any atom is -0.496 e. The molecule has 1 aromatic rings. The Morgan fingerprint density at radius 3 is 2.65 bits per heavy atom. The lowest BCUT2D eigenvalue weighted by Gasteiger charge is -2.12. The van der Waals surface area contributed by atoms with E-state index in [1.807, 2.05) is 26.8 Å². The average Bonchev–Trinajstić information content (AvgIpc) is 2.44. The Bertz CT molecular complexity index is 485. The number of carbonyl (C=O) groups excluding carboxylic acids is 2. The first-order valence-corrected chi connectivity index (χ1v) is 6.59. The van der Waals surface area contributed by atoms with Crippen LogP contribution in [0.4, 0.5) is 0 Å². The van der Waals surface area contributed by atoms with Gasteiger partial charge in [0.1, 0.15) is 11.3 Å². The Balaban J connectivity index is 2.63. The maximum Gasteiger partial charge on any atom is 0.342 e. The van der Waals surface area contributed by atoms with Crippen LogP contribution >= 0.6 is 0 Å². The molecule has 1 N–H and O–H groups in total. The molecule has 20 heavy (non-hydrogen) atoms. The number of aryl methyl sites for hydroxylation is 1. The molecule has 0 spiro atoms. The van der Waals surface area contributed by atoms with Crippen LogP contribution in [0.5, 0.6) is 5.75 Å². The number of nitrogens with one attached hydrogen (secondary N) is 1. The molecule has 0 radical (unpaired) electrons. The van der Waals surface area contributed by atoms with Crippen molar-refractivity contribution in [1.29, 1.82) is 0 Å². The van der Waals surface area contributed by atoms with Crippen LogP contribution in [0.15, 0.2) is 18.2 Å². The van der Waals surface area contributed by atoms with Gasteiger partial charge in [-0.1, -0.05) is 18.6 Å². The van der Waals surface area contributed by atoms with E-state index in [1.165, 1.54) is 7.11 Å². The zero-order chi connectivity index (χ0) is 15.1. The van der Waals surface area contributed by atoms with Gasteiger partial charge in [-0.3, -0.25) is 4.79 Å². The van der Waals surface area contributed by atoms with Crippen LogP contribution in [0.2, 0.25) is 0 Å². The molecule has 0 saturated heterocycles. The first kappa shape index (κ1) is 16.0. The van der Waals surface area contributed by atoms with E-state index < -0.39 is 5.97 Å². The van der Waals surface area contributed by atoms with E-state index in [2.05, 4.69) is 5.32 Å². The predicted molar refractivity (Wildman–Crippen MR) is 75.9 cm³/mol. The van der Waals surface area contributed by atoms with Crippen molar-refractivity contribution < 1.29 is 19.1 Å². The van der Waals surface area contributed by atoms with Crippen molar-refractivity contribution in [1.82, 2.24) is 5.32 Å². The summed E-state index contributed by atoms with van der Waals surface area (Å²) in [7, 11) is 1.48. The van der Waals surface area contributed by atoms with Crippen LogP contribution in [-0.2, 0) is 9.53 Å². The van der Waals surface area contributed by atoms with Crippen LogP contribution in [0, 0.1) is 6.92 Å². The summed E-state index contributed by atoms with van der Waals surface area (Å²) >= 11 is 0. The molecule has 5 heteroatoms. The van der Waals surface area contributed by atoms with E-state index in [4.69, 9.17) is 9.47 Å². The second kappa shape index (κ2) is 7.53. The van der Waals surface area contributed by atoms with Gasteiger partial charge < -0.3 is 14.8 Å². The number of carbonyl (C=O) groups is 2. The number of benzene rings is 1. The Labute approximate surface area is 119 Å². The van der Waals surface area contributed by atoms with Crippen molar-refractivity contribution in [2.75, 3.05) is 13.7 Å². The Morgan fingerprint density at radius 2 is 2.05 bits per heavy atom. The highest BCUT2D eigenvalue weighted by molar-refractivity contribution is 5.94. The lowest BCUT2D eigenvalue weighted by molar-refractivity contribution is -0.124. The van der Waals surface area contributed by atoms with E-state index in [-0.39, 0.29) is 18.6 Å². The van der Waals surface area contributed by atoms with Crippen molar-refractivity contribution in [3.63, 3.8) is 0 Å². The fourth-order valence-corrected chi connectivity index (χ4v) is 1.61. The molecule has 0 aromatic heterocycles. The van der Waals surface area contributed by atoms with Gasteiger partial charge >= 0.3 is 5.97 Å². The van der Waals surface area contributed by atoms with Gasteiger partial charge in [0.15, 0.2) is 6.61 Å². The van der Waals surface area contributed by atoms with E-state index in [1.54, 1.807) is 12.1 Å². The SMILES string of the molecule is CC[C@H](C)NC(=O)COC(=O)c1cc(C)ccc1OC. The van der Waals surface area contributed by atoms with Gasteiger partial charge in [0, 0.05) is 6.04 Å². The molecule has 5 nitrogen and oxygen atoms in total. The lowest BCUT2D eigenvalue weighted by atomic mass is 10.1. The maximum atomic E-state index is 12.0. The fourth-order valence-electron chi connectivity index (χ4n) is 1.61. The summed E-state index contributed by atoms with van der Waals surface area (Å²) in [5, 5.41) is 2.73. The summed E-state index contributed by atoms with van der Waals surface area (Å²) in [6, 6.07) is 5.28. The number of esters is 1. The molecular weight excluding hydrogens is 258 g/mol. The highest BCUT2D eigenvalue weighted by Gasteiger charge is 2.16. The zero-order valence-corrected chi connectivity index (χ0v) is 12.4. The summed E-state index contributed by atoms with van der Waals surface area (Å²) in [5.74, 6) is -0.438. The van der Waals surface area contributed by atoms with Crippen LogP contribution in [0.3, 0.4) is 0 Å². The van der Waals surface area contributed by atoms with Gasteiger partial charge in [0.2, 0.25) is 0 Å². The van der Waals surface area contributed by atoms with Crippen molar-refractivity contribution in [3.05, 3.63) is 29.3 Å². The Morgan fingerprint density at radius 1 is 1.35 bits per heavy atom. The fraction of sp³-hybridized carbons (Fsp3) is 0.467. The van der Waals surface area contributed by atoms with E-state index >= 15 is 0 Å². The number of amides is 1. The van der Waals surface area contributed by atoms with Crippen LogP contribution in [0.1, 0.15) is 36.2 Å². The highest BCUT2D eigenvalue weighted by atomic mass is 16.5. The number of ether oxygens (including phenoxy) is 2. The third-order valence-electron chi connectivity index (χ3n) is 2.93. The van der Waals surface area contributed by atoms with Gasteiger partial charge in [0.25, 0.3) is 5.91 Å². The standard InChI is InChI=1S/C15H21NO4/c1-5-11(3)16-14(17)9-20-15(18)12-8-10(2)6-7-13(12)19-4/h6-8,11H,5,9H2,1-4H3,(H,16,17)/t11-/m0/s1. The summed E-state index contributed by atoms with van der Waals surface area (Å²) in [6.45, 7) is 5.43. The zero-order valence-electron chi connectivity index (χ0n) is 12.4. The molecule has 0 bridgehead atoms. The number of methoxy groups -OCH3 is 1. The molecule has 0 unspecified atom stereocenters. The Hall–Kier alpha value is -2.04. The summed E-state index contributed by atoms with van der Waals surface area (Å²) in [4.78, 5) is 23.5. The van der Waals surface area contributed by atoms with Crippen molar-refractivity contribution in [3.8, 4) is 5.75 Å². The summed E-state index contributed by atoms with van der Waals surface area (Å²) in [6.07, 6.45) is 0.825. The molecule has 1 aromatic carbocycles. The molecule has 1 atom stereocenters. The number of hydrogen-bond acceptors (Lipinski definition) is 4. The Kier molecular flexibility index (Phi) is 6.03. The molecule has 1 amide bonds. The van der Waals surface area contributed by atoms with Gasteiger partial charge in [-0.15, -0.1) is 0 Å². The van der Waals surface area contributed by atoms with Gasteiger partial charge in [-0.2, -0.15) is 0 Å². The molecule has 1 rings (SSSR count). The average molecular weight is 279 g/mol. The van der Waals surface area contributed by atoms with Crippen molar-refractivity contribution in [2.45, 2.75) is 33.2 Å². The van der Waals surface area contributed by atoms with Gasteiger partial charge in [-0.25, -0.2) is 4.79 Å². The molecule has 0 heterocycles. The van der Waals surface area contributed by atoms with Crippen molar-refractivity contribution >= 4 is 11.9 Å². The van der Waals surface area contributed by atoms with Crippen LogP contribution in [0.25, 0.3) is 0 Å². The van der Waals surface area contributed by atoms with Gasteiger partial charge in [0.05, 0.1) is 7.11 Å². The van der Waals surface area contributed by atoms with E-state index in [0.717, 1.165) is 12.0 Å². The minimum atomic E-state index is -0.565. The first-order valence-electron chi connectivity index (χ1n) is 6.59. The normalized spacial score (nSPS) is 11.6. The number of rotatable bonds is 6. The minimum absolute atomic E-state index is 0.0645. The topological polar surface area (TPSA) is 64.6 Å². The summed E-state index contributed by atoms with van der Waals surface area (Å²) in [5.41, 5.74) is 1.24. The lowest BCUT2D eigenvalue weighted by Crippen LogP contribution is -2.35. The number of hydrogen-bond donors (Lipinski definition) is 1. The summed E-state index contributed by atoms with van der Waals surface area (Å²) < 4.78 is 10.1. The van der Waals surface area contributed by atoms with Crippen LogP contribution in [-0.4, -0.2) is 31.6 Å². The quantitative estimate of drug-likeness (QED) is 0.810. The third-order valence-corrected chi connectivity index (χ3v) is 2.93. The smallest absolute Gasteiger partial charge is 0.342 e. The van der Waals surface area contributed by atoms with Crippen LogP contribution < -0.4 is 10.1 Å². The molecule has 0 aliphatic heterocycles.